The summed E-state index contributed by atoms with van der Waals surface area (Å²) >= 11 is 5.83. The molecule has 4 rings (SSSR count). The van der Waals surface area contributed by atoms with Crippen molar-refractivity contribution in [2.75, 3.05) is 10.8 Å². The van der Waals surface area contributed by atoms with Crippen molar-refractivity contribution in [2.45, 2.75) is 76.2 Å². The Bertz CT molecular complexity index is 1610. The number of nitrogens with one attached hydrogen (secondary N) is 1. The minimum absolute atomic E-state index is 0.0163. The monoisotopic (exact) mass is 649 g/mol. The van der Waals surface area contributed by atoms with Crippen LogP contribution in [-0.4, -0.2) is 43.8 Å². The number of sulfonamides is 1. The van der Waals surface area contributed by atoms with Crippen LogP contribution in [-0.2, 0) is 32.3 Å². The van der Waals surface area contributed by atoms with Gasteiger partial charge in [-0.3, -0.25) is 13.9 Å². The topological polar surface area (TPSA) is 86.8 Å². The molecule has 0 unspecified atom stereocenters. The highest BCUT2D eigenvalue weighted by Gasteiger charge is 2.37. The molecule has 0 radical (unpaired) electrons. The molecule has 0 aliphatic heterocycles. The minimum atomic E-state index is -4.87. The Kier molecular flexibility index (Phi) is 10.3. The molecule has 0 saturated heterocycles. The van der Waals surface area contributed by atoms with Crippen LogP contribution < -0.4 is 9.62 Å². The Morgan fingerprint density at radius 1 is 1.00 bits per heavy atom. The van der Waals surface area contributed by atoms with Crippen LogP contribution in [0.2, 0.25) is 5.02 Å². The predicted octanol–water partition coefficient (Wildman–Crippen LogP) is 6.65. The van der Waals surface area contributed by atoms with Gasteiger partial charge in [-0.1, -0.05) is 66.4 Å². The highest BCUT2D eigenvalue weighted by atomic mass is 35.5. The molecule has 0 spiro atoms. The number of carbonyl (C=O) groups is 2. The van der Waals surface area contributed by atoms with Gasteiger partial charge in [-0.15, -0.1) is 0 Å². The fourth-order valence-electron chi connectivity index (χ4n) is 5.20. The normalized spacial score (nSPS) is 14.7. The molecule has 1 aliphatic carbocycles. The molecular weight excluding hydrogens is 615 g/mol. The fourth-order valence-corrected chi connectivity index (χ4v) is 6.83. The van der Waals surface area contributed by atoms with Gasteiger partial charge in [0.05, 0.1) is 21.2 Å². The summed E-state index contributed by atoms with van der Waals surface area (Å²) in [5.74, 6) is -1.15. The van der Waals surface area contributed by atoms with Gasteiger partial charge in [-0.25, -0.2) is 8.42 Å². The van der Waals surface area contributed by atoms with Crippen LogP contribution in [0.15, 0.2) is 71.6 Å². The lowest BCUT2D eigenvalue weighted by Crippen LogP contribution is -2.52. The first-order chi connectivity index (χ1) is 20.7. The van der Waals surface area contributed by atoms with Gasteiger partial charge in [-0.2, -0.15) is 13.2 Å². The van der Waals surface area contributed by atoms with E-state index in [4.69, 9.17) is 11.6 Å². The first-order valence-corrected chi connectivity index (χ1v) is 16.1. The van der Waals surface area contributed by atoms with Crippen LogP contribution in [0.25, 0.3) is 0 Å². The minimum Gasteiger partial charge on any atom is -0.352 e. The number of anilines is 1. The van der Waals surface area contributed by atoms with Gasteiger partial charge in [0.25, 0.3) is 10.0 Å². The Morgan fingerprint density at radius 2 is 1.64 bits per heavy atom. The second-order valence-corrected chi connectivity index (χ2v) is 13.4. The molecule has 1 saturated carbocycles. The lowest BCUT2D eigenvalue weighted by molar-refractivity contribution is -0.139. The van der Waals surface area contributed by atoms with E-state index in [1.807, 2.05) is 19.1 Å². The van der Waals surface area contributed by atoms with Gasteiger partial charge in [0.1, 0.15) is 12.6 Å². The van der Waals surface area contributed by atoms with Gasteiger partial charge in [0, 0.05) is 12.6 Å². The second kappa shape index (κ2) is 13.6. The van der Waals surface area contributed by atoms with Crippen molar-refractivity contribution in [1.29, 1.82) is 0 Å². The van der Waals surface area contributed by atoms with E-state index in [1.165, 1.54) is 17.0 Å². The molecule has 1 atom stereocenters. The summed E-state index contributed by atoms with van der Waals surface area (Å²) in [6, 6.07) is 14.7. The Balaban J connectivity index is 1.76. The molecule has 0 bridgehead atoms. The number of carbonyl (C=O) groups excluding carboxylic acids is 2. The molecule has 3 aromatic carbocycles. The molecule has 0 heterocycles. The van der Waals surface area contributed by atoms with E-state index in [0.717, 1.165) is 54.5 Å². The molecular formula is C32H35ClF3N3O4S. The van der Waals surface area contributed by atoms with Crippen LogP contribution in [0.4, 0.5) is 18.9 Å². The third-order valence-electron chi connectivity index (χ3n) is 7.90. The molecule has 3 aromatic rings. The summed E-state index contributed by atoms with van der Waals surface area (Å²) < 4.78 is 70.0. The van der Waals surface area contributed by atoms with Crippen LogP contribution >= 0.6 is 11.6 Å². The average Bonchev–Trinajstić information content (AvgIpc) is 3.48. The van der Waals surface area contributed by atoms with Crippen molar-refractivity contribution in [1.82, 2.24) is 10.2 Å². The van der Waals surface area contributed by atoms with E-state index in [9.17, 15) is 31.2 Å². The quantitative estimate of drug-likeness (QED) is 0.267. The van der Waals surface area contributed by atoms with Gasteiger partial charge >= 0.3 is 6.18 Å². The van der Waals surface area contributed by atoms with E-state index < -0.39 is 56.9 Å². The van der Waals surface area contributed by atoms with Gasteiger partial charge in [-0.05, 0) is 75.1 Å². The number of halogens is 4. The first-order valence-electron chi connectivity index (χ1n) is 14.3. The fraction of sp³-hybridized carbons (Fsp3) is 0.375. The molecule has 12 heteroatoms. The third kappa shape index (κ3) is 7.74. The van der Waals surface area contributed by atoms with E-state index in [0.29, 0.717) is 10.4 Å². The zero-order valence-electron chi connectivity index (χ0n) is 24.7. The predicted molar refractivity (Wildman–Crippen MR) is 164 cm³/mol. The summed E-state index contributed by atoms with van der Waals surface area (Å²) in [7, 11) is -4.55. The number of nitrogens with zero attached hydrogens (tertiary/aromatic N) is 2. The summed E-state index contributed by atoms with van der Waals surface area (Å²) in [6.45, 7) is 4.29. The van der Waals surface area contributed by atoms with E-state index >= 15 is 0 Å². The Labute approximate surface area is 261 Å². The van der Waals surface area contributed by atoms with Crippen molar-refractivity contribution in [3.05, 3.63) is 94.0 Å². The maximum absolute atomic E-state index is 14.1. The van der Waals surface area contributed by atoms with Crippen LogP contribution in [0.1, 0.15) is 54.9 Å². The second-order valence-electron chi connectivity index (χ2n) is 11.1. The van der Waals surface area contributed by atoms with Gasteiger partial charge < -0.3 is 10.2 Å². The maximum atomic E-state index is 14.1. The lowest BCUT2D eigenvalue weighted by Gasteiger charge is -2.33. The smallest absolute Gasteiger partial charge is 0.352 e. The van der Waals surface area contributed by atoms with Crippen molar-refractivity contribution in [2.24, 2.45) is 0 Å². The van der Waals surface area contributed by atoms with E-state index in [2.05, 4.69) is 5.32 Å². The standard InChI is InChI=1S/C32H35ClF3N3O4S/c1-21-12-15-27(16-13-21)44(42,43)39(26-14-17-29(33)28(18-26)32(34,35)36)20-30(40)38(19-24-9-5-4-8-22(24)2)23(3)31(41)37-25-10-6-7-11-25/h4-5,8-9,12-18,23,25H,6-7,10-11,19-20H2,1-3H3,(H,37,41)/t23-/m1/s1. The SMILES string of the molecule is Cc1ccc(S(=O)(=O)N(CC(=O)N(Cc2ccccc2C)[C@H](C)C(=O)NC2CCCC2)c2ccc(Cl)c(C(F)(F)F)c2)cc1. The summed E-state index contributed by atoms with van der Waals surface area (Å²) in [4.78, 5) is 28.5. The van der Waals surface area contributed by atoms with E-state index in [-0.39, 0.29) is 17.5 Å². The highest BCUT2D eigenvalue weighted by molar-refractivity contribution is 7.92. The largest absolute Gasteiger partial charge is 0.417 e. The lowest BCUT2D eigenvalue weighted by atomic mass is 10.1. The molecule has 44 heavy (non-hydrogen) atoms. The zero-order chi connectivity index (χ0) is 32.2. The number of benzene rings is 3. The number of hydrogen-bond donors (Lipinski definition) is 1. The van der Waals surface area contributed by atoms with E-state index in [1.54, 1.807) is 38.1 Å². The molecule has 2 amide bonds. The van der Waals surface area contributed by atoms with Gasteiger partial charge in [0.15, 0.2) is 0 Å². The Hall–Kier alpha value is -3.57. The van der Waals surface area contributed by atoms with Crippen LogP contribution in [0, 0.1) is 13.8 Å². The Morgan fingerprint density at radius 3 is 2.25 bits per heavy atom. The molecule has 7 nitrogen and oxygen atoms in total. The molecule has 0 aromatic heterocycles. The number of hydrogen-bond acceptors (Lipinski definition) is 4. The number of rotatable bonds is 10. The summed E-state index contributed by atoms with van der Waals surface area (Å²) in [6.07, 6.45) is -1.26. The van der Waals surface area contributed by atoms with Crippen LogP contribution in [0.5, 0.6) is 0 Å². The van der Waals surface area contributed by atoms with Gasteiger partial charge in [0.2, 0.25) is 11.8 Å². The van der Waals surface area contributed by atoms with Crippen molar-refractivity contribution in [3.63, 3.8) is 0 Å². The first kappa shape index (κ1) is 33.3. The number of aryl methyl sites for hydroxylation is 2. The number of amides is 2. The average molecular weight is 650 g/mol. The molecule has 1 N–H and O–H groups in total. The summed E-state index contributed by atoms with van der Waals surface area (Å²) in [5.41, 5.74) is 0.721. The maximum Gasteiger partial charge on any atom is 0.417 e. The summed E-state index contributed by atoms with van der Waals surface area (Å²) in [5, 5.41) is 2.37. The zero-order valence-corrected chi connectivity index (χ0v) is 26.3. The molecule has 236 valence electrons. The highest BCUT2D eigenvalue weighted by Crippen LogP contribution is 2.38. The number of alkyl halides is 3. The van der Waals surface area contributed by atoms with Crippen molar-refractivity contribution < 1.29 is 31.2 Å². The van der Waals surface area contributed by atoms with Crippen LogP contribution in [0.3, 0.4) is 0 Å². The molecule has 1 fully saturated rings. The molecule has 1 aliphatic rings. The third-order valence-corrected chi connectivity index (χ3v) is 10.0. The van der Waals surface area contributed by atoms with Crippen molar-refractivity contribution in [3.8, 4) is 0 Å². The van der Waals surface area contributed by atoms with Crippen molar-refractivity contribution >= 4 is 39.1 Å².